The molecule has 1 aromatic rings. The summed E-state index contributed by atoms with van der Waals surface area (Å²) in [4.78, 5) is 21.3. The summed E-state index contributed by atoms with van der Waals surface area (Å²) in [6.45, 7) is 4.70. The lowest BCUT2D eigenvalue weighted by atomic mass is 10.2. The van der Waals surface area contributed by atoms with Gasteiger partial charge in [0.2, 0.25) is 0 Å². The third-order valence-corrected chi connectivity index (χ3v) is 1.62. The van der Waals surface area contributed by atoms with Crippen LogP contribution in [0.1, 0.15) is 24.3 Å². The van der Waals surface area contributed by atoms with Crippen LogP contribution in [0.25, 0.3) is 0 Å². The summed E-state index contributed by atoms with van der Waals surface area (Å²) < 4.78 is 1.57. The Morgan fingerprint density at radius 2 is 2.21 bits per heavy atom. The Bertz CT molecular complexity index is 355. The molecule has 0 fully saturated rings. The first kappa shape index (κ1) is 10.4. The van der Waals surface area contributed by atoms with Gasteiger partial charge in [-0.15, -0.1) is 0 Å². The Kier molecular flexibility index (Phi) is 3.01. The zero-order chi connectivity index (χ0) is 10.7. The highest BCUT2D eigenvalue weighted by Gasteiger charge is 2.17. The fourth-order valence-corrected chi connectivity index (χ4v) is 1.07. The number of ketones is 1. The summed E-state index contributed by atoms with van der Waals surface area (Å²) in [6, 6.07) is 1.42. The van der Waals surface area contributed by atoms with E-state index < -0.39 is 11.8 Å². The molecule has 0 aromatic carbocycles. The van der Waals surface area contributed by atoms with Gasteiger partial charge in [0.1, 0.15) is 5.69 Å². The molecule has 14 heavy (non-hydrogen) atoms. The molecule has 1 aromatic heterocycles. The summed E-state index contributed by atoms with van der Waals surface area (Å²) in [5.41, 5.74) is -0.0156. The van der Waals surface area contributed by atoms with Gasteiger partial charge in [0, 0.05) is 12.7 Å². The number of carbonyl (C=O) groups is 2. The van der Waals surface area contributed by atoms with Gasteiger partial charge in [-0.3, -0.25) is 9.48 Å². The monoisotopic (exact) mass is 196 g/mol. The van der Waals surface area contributed by atoms with Gasteiger partial charge in [-0.05, 0) is 12.0 Å². The van der Waals surface area contributed by atoms with Crippen LogP contribution < -0.4 is 0 Å². The van der Waals surface area contributed by atoms with Crippen molar-refractivity contribution in [3.8, 4) is 0 Å². The highest BCUT2D eigenvalue weighted by Crippen LogP contribution is 2.01. The van der Waals surface area contributed by atoms with Crippen LogP contribution in [0.4, 0.5) is 0 Å². The molecule has 1 heterocycles. The van der Waals surface area contributed by atoms with Crippen LogP contribution in [0.5, 0.6) is 0 Å². The summed E-state index contributed by atoms with van der Waals surface area (Å²) in [5.74, 6) is -2.03. The molecule has 0 spiro atoms. The van der Waals surface area contributed by atoms with Crippen LogP contribution >= 0.6 is 0 Å². The van der Waals surface area contributed by atoms with Crippen molar-refractivity contribution in [3.05, 3.63) is 18.0 Å². The molecule has 0 aliphatic rings. The number of Topliss-reactive ketones (excluding diaryl/α,β-unsaturated/α-hetero) is 1. The Hall–Kier alpha value is -1.65. The molecular weight excluding hydrogens is 184 g/mol. The summed E-state index contributed by atoms with van der Waals surface area (Å²) in [5, 5.41) is 12.3. The van der Waals surface area contributed by atoms with Crippen LogP contribution in [0, 0.1) is 5.92 Å². The van der Waals surface area contributed by atoms with Gasteiger partial charge in [0.25, 0.3) is 5.78 Å². The second kappa shape index (κ2) is 4.04. The van der Waals surface area contributed by atoms with E-state index in [0.29, 0.717) is 12.5 Å². The Morgan fingerprint density at radius 3 is 2.71 bits per heavy atom. The van der Waals surface area contributed by atoms with Gasteiger partial charge in [-0.1, -0.05) is 13.8 Å². The Labute approximate surface area is 81.3 Å². The molecule has 0 aliphatic carbocycles. The molecule has 0 amide bonds. The number of aliphatic carboxylic acids is 1. The topological polar surface area (TPSA) is 72.2 Å². The van der Waals surface area contributed by atoms with Crippen molar-refractivity contribution in [1.29, 1.82) is 0 Å². The first-order valence-electron chi connectivity index (χ1n) is 4.31. The summed E-state index contributed by atoms with van der Waals surface area (Å²) in [6.07, 6.45) is 1.61. The molecule has 0 radical (unpaired) electrons. The van der Waals surface area contributed by atoms with E-state index in [4.69, 9.17) is 5.11 Å². The molecule has 0 saturated carbocycles. The van der Waals surface area contributed by atoms with E-state index in [1.165, 1.54) is 6.07 Å². The molecule has 0 aliphatic heterocycles. The SMILES string of the molecule is CC(C)Cn1ccc(C(=O)C(=O)O)n1. The number of carboxylic acids is 1. The van der Waals surface area contributed by atoms with Crippen molar-refractivity contribution in [2.45, 2.75) is 20.4 Å². The zero-order valence-corrected chi connectivity index (χ0v) is 8.10. The van der Waals surface area contributed by atoms with E-state index in [1.807, 2.05) is 13.8 Å². The first-order chi connectivity index (χ1) is 6.50. The van der Waals surface area contributed by atoms with Crippen LogP contribution in [0.3, 0.4) is 0 Å². The maximum absolute atomic E-state index is 11.0. The third kappa shape index (κ3) is 2.42. The number of aromatic nitrogens is 2. The molecule has 0 unspecified atom stereocenters. The fraction of sp³-hybridized carbons (Fsp3) is 0.444. The number of hydrogen-bond acceptors (Lipinski definition) is 3. The first-order valence-corrected chi connectivity index (χ1v) is 4.31. The van der Waals surface area contributed by atoms with Gasteiger partial charge in [0.15, 0.2) is 0 Å². The molecule has 0 saturated heterocycles. The van der Waals surface area contributed by atoms with Gasteiger partial charge >= 0.3 is 5.97 Å². The third-order valence-electron chi connectivity index (χ3n) is 1.62. The highest BCUT2D eigenvalue weighted by atomic mass is 16.4. The quantitative estimate of drug-likeness (QED) is 0.571. The minimum Gasteiger partial charge on any atom is -0.475 e. The second-order valence-electron chi connectivity index (χ2n) is 3.45. The lowest BCUT2D eigenvalue weighted by molar-refractivity contribution is -0.131. The average Bonchev–Trinajstić information content (AvgIpc) is 2.50. The van der Waals surface area contributed by atoms with E-state index in [1.54, 1.807) is 10.9 Å². The van der Waals surface area contributed by atoms with Crippen molar-refractivity contribution in [2.24, 2.45) is 5.92 Å². The maximum atomic E-state index is 11.0. The van der Waals surface area contributed by atoms with E-state index >= 15 is 0 Å². The Balaban J connectivity index is 2.78. The fourth-order valence-electron chi connectivity index (χ4n) is 1.07. The number of rotatable bonds is 4. The highest BCUT2D eigenvalue weighted by molar-refractivity contribution is 6.39. The van der Waals surface area contributed by atoms with Gasteiger partial charge in [0.05, 0.1) is 0 Å². The molecule has 5 nitrogen and oxygen atoms in total. The van der Waals surface area contributed by atoms with E-state index in [-0.39, 0.29) is 5.69 Å². The molecule has 76 valence electrons. The molecule has 1 rings (SSSR count). The normalized spacial score (nSPS) is 10.5. The summed E-state index contributed by atoms with van der Waals surface area (Å²) >= 11 is 0. The summed E-state index contributed by atoms with van der Waals surface area (Å²) in [7, 11) is 0. The number of nitrogens with zero attached hydrogens (tertiary/aromatic N) is 2. The Morgan fingerprint density at radius 1 is 1.57 bits per heavy atom. The number of carbonyl (C=O) groups excluding carboxylic acids is 1. The van der Waals surface area contributed by atoms with Crippen molar-refractivity contribution < 1.29 is 14.7 Å². The lowest BCUT2D eigenvalue weighted by Gasteiger charge is -2.03. The van der Waals surface area contributed by atoms with Crippen molar-refractivity contribution in [3.63, 3.8) is 0 Å². The van der Waals surface area contributed by atoms with E-state index in [2.05, 4.69) is 5.10 Å². The predicted octanol–water partition coefficient (Wildman–Crippen LogP) is 0.806. The van der Waals surface area contributed by atoms with Crippen LogP contribution in [0.2, 0.25) is 0 Å². The van der Waals surface area contributed by atoms with Gasteiger partial charge in [-0.25, -0.2) is 4.79 Å². The number of hydrogen-bond donors (Lipinski definition) is 1. The maximum Gasteiger partial charge on any atom is 0.379 e. The molecule has 0 bridgehead atoms. The van der Waals surface area contributed by atoms with E-state index in [0.717, 1.165) is 0 Å². The van der Waals surface area contributed by atoms with Crippen LogP contribution in [-0.2, 0) is 11.3 Å². The van der Waals surface area contributed by atoms with E-state index in [9.17, 15) is 9.59 Å². The minimum atomic E-state index is -1.47. The molecular formula is C9H12N2O3. The van der Waals surface area contributed by atoms with Crippen LogP contribution in [-0.4, -0.2) is 26.6 Å². The zero-order valence-electron chi connectivity index (χ0n) is 8.10. The minimum absolute atomic E-state index is 0.0156. The van der Waals surface area contributed by atoms with Crippen molar-refractivity contribution >= 4 is 11.8 Å². The second-order valence-corrected chi connectivity index (χ2v) is 3.45. The molecule has 5 heteroatoms. The van der Waals surface area contributed by atoms with Gasteiger partial charge < -0.3 is 5.11 Å². The predicted molar refractivity (Wildman–Crippen MR) is 49.0 cm³/mol. The molecule has 0 atom stereocenters. The average molecular weight is 196 g/mol. The van der Waals surface area contributed by atoms with Crippen molar-refractivity contribution in [1.82, 2.24) is 9.78 Å². The van der Waals surface area contributed by atoms with Crippen molar-refractivity contribution in [2.75, 3.05) is 0 Å². The standard InChI is InChI=1S/C9H12N2O3/c1-6(2)5-11-4-3-7(10-11)8(12)9(13)14/h3-4,6H,5H2,1-2H3,(H,13,14). The number of carboxylic acid groups (broad SMARTS) is 1. The molecule has 1 N–H and O–H groups in total. The largest absolute Gasteiger partial charge is 0.475 e. The lowest BCUT2D eigenvalue weighted by Crippen LogP contribution is -2.14. The van der Waals surface area contributed by atoms with Crippen LogP contribution in [0.15, 0.2) is 12.3 Å². The smallest absolute Gasteiger partial charge is 0.379 e. The van der Waals surface area contributed by atoms with Gasteiger partial charge in [-0.2, -0.15) is 5.10 Å².